The Kier molecular flexibility index (Phi) is 4.54. The molecule has 4 heteroatoms. The SMILES string of the molecule is CC(C)(C)NC(=O)CC[NH+]1CCOCC1. The zero-order valence-electron chi connectivity index (χ0n) is 10.1. The summed E-state index contributed by atoms with van der Waals surface area (Å²) in [5, 5.41) is 2.98. The zero-order chi connectivity index (χ0) is 11.3. The lowest BCUT2D eigenvalue weighted by Gasteiger charge is -2.25. The molecule has 0 aliphatic carbocycles. The lowest BCUT2D eigenvalue weighted by atomic mass is 10.1. The van der Waals surface area contributed by atoms with Gasteiger partial charge in [-0.3, -0.25) is 4.79 Å². The summed E-state index contributed by atoms with van der Waals surface area (Å²) in [7, 11) is 0. The first-order valence-corrected chi connectivity index (χ1v) is 5.70. The summed E-state index contributed by atoms with van der Waals surface area (Å²) in [5.41, 5.74) is -0.114. The van der Waals surface area contributed by atoms with Crippen LogP contribution < -0.4 is 10.2 Å². The van der Waals surface area contributed by atoms with Gasteiger partial charge in [0.25, 0.3) is 0 Å². The number of nitrogens with one attached hydrogen (secondary N) is 2. The quantitative estimate of drug-likeness (QED) is 0.648. The van der Waals surface area contributed by atoms with Crippen molar-refractivity contribution in [3.63, 3.8) is 0 Å². The van der Waals surface area contributed by atoms with Gasteiger partial charge < -0.3 is 15.0 Å². The van der Waals surface area contributed by atoms with Gasteiger partial charge in [0.05, 0.1) is 26.2 Å². The number of hydrogen-bond acceptors (Lipinski definition) is 2. The van der Waals surface area contributed by atoms with Gasteiger partial charge in [-0.1, -0.05) is 0 Å². The first kappa shape index (κ1) is 12.5. The first-order chi connectivity index (χ1) is 6.97. The van der Waals surface area contributed by atoms with Crippen LogP contribution >= 0.6 is 0 Å². The van der Waals surface area contributed by atoms with E-state index in [-0.39, 0.29) is 11.4 Å². The van der Waals surface area contributed by atoms with E-state index in [4.69, 9.17) is 4.74 Å². The third-order valence-corrected chi connectivity index (χ3v) is 2.42. The molecule has 1 fully saturated rings. The summed E-state index contributed by atoms with van der Waals surface area (Å²) in [6.45, 7) is 10.7. The van der Waals surface area contributed by atoms with Crippen LogP contribution in [0.25, 0.3) is 0 Å². The van der Waals surface area contributed by atoms with E-state index in [9.17, 15) is 4.79 Å². The third kappa shape index (κ3) is 5.74. The van der Waals surface area contributed by atoms with E-state index in [1.807, 2.05) is 20.8 Å². The van der Waals surface area contributed by atoms with Crippen LogP contribution in [0.2, 0.25) is 0 Å². The molecule has 0 spiro atoms. The van der Waals surface area contributed by atoms with Crippen LogP contribution in [-0.4, -0.2) is 44.3 Å². The molecule has 0 unspecified atom stereocenters. The minimum absolute atomic E-state index is 0.114. The second kappa shape index (κ2) is 5.47. The Morgan fingerprint density at radius 1 is 1.33 bits per heavy atom. The number of hydrogen-bond donors (Lipinski definition) is 2. The minimum atomic E-state index is -0.114. The first-order valence-electron chi connectivity index (χ1n) is 5.70. The maximum atomic E-state index is 11.5. The lowest BCUT2D eigenvalue weighted by molar-refractivity contribution is -0.907. The molecule has 0 bridgehead atoms. The van der Waals surface area contributed by atoms with Crippen LogP contribution in [0.3, 0.4) is 0 Å². The number of ether oxygens (including phenoxy) is 1. The second-order valence-corrected chi connectivity index (χ2v) is 5.16. The molecule has 0 aromatic rings. The van der Waals surface area contributed by atoms with Gasteiger partial charge in [-0.25, -0.2) is 0 Å². The Morgan fingerprint density at radius 3 is 2.47 bits per heavy atom. The van der Waals surface area contributed by atoms with Gasteiger partial charge in [0.2, 0.25) is 5.91 Å². The fraction of sp³-hybridized carbons (Fsp3) is 0.909. The van der Waals surface area contributed by atoms with Gasteiger partial charge in [0, 0.05) is 5.54 Å². The van der Waals surface area contributed by atoms with Crippen LogP contribution in [0.4, 0.5) is 0 Å². The Balaban J connectivity index is 2.15. The monoisotopic (exact) mass is 215 g/mol. The van der Waals surface area contributed by atoms with E-state index in [1.165, 1.54) is 4.90 Å². The summed E-state index contributed by atoms with van der Waals surface area (Å²) in [5.74, 6) is 0.154. The van der Waals surface area contributed by atoms with Gasteiger partial charge in [0.1, 0.15) is 13.1 Å². The molecule has 0 saturated carbocycles. The molecule has 0 atom stereocenters. The lowest BCUT2D eigenvalue weighted by Crippen LogP contribution is -3.14. The maximum Gasteiger partial charge on any atom is 0.226 e. The van der Waals surface area contributed by atoms with Crippen molar-refractivity contribution in [1.82, 2.24) is 5.32 Å². The fourth-order valence-electron chi connectivity index (χ4n) is 1.68. The summed E-state index contributed by atoms with van der Waals surface area (Å²) in [6, 6.07) is 0. The highest BCUT2D eigenvalue weighted by Gasteiger charge is 2.17. The van der Waals surface area contributed by atoms with Gasteiger partial charge >= 0.3 is 0 Å². The van der Waals surface area contributed by atoms with Crippen LogP contribution in [0, 0.1) is 0 Å². The number of amides is 1. The molecular weight excluding hydrogens is 192 g/mol. The summed E-state index contributed by atoms with van der Waals surface area (Å²) in [6.07, 6.45) is 0.618. The number of rotatable bonds is 3. The van der Waals surface area contributed by atoms with Crippen LogP contribution in [-0.2, 0) is 9.53 Å². The highest BCUT2D eigenvalue weighted by atomic mass is 16.5. The topological polar surface area (TPSA) is 42.8 Å². The molecule has 0 aromatic heterocycles. The predicted octanol–water partition coefficient (Wildman–Crippen LogP) is -0.794. The molecule has 4 nitrogen and oxygen atoms in total. The second-order valence-electron chi connectivity index (χ2n) is 5.16. The number of morpholine rings is 1. The van der Waals surface area contributed by atoms with E-state index >= 15 is 0 Å². The molecule has 15 heavy (non-hydrogen) atoms. The average molecular weight is 215 g/mol. The molecular formula is C11H23N2O2+. The van der Waals surface area contributed by atoms with Crippen molar-refractivity contribution >= 4 is 5.91 Å². The molecule has 2 N–H and O–H groups in total. The Morgan fingerprint density at radius 2 is 1.93 bits per heavy atom. The molecule has 0 radical (unpaired) electrons. The van der Waals surface area contributed by atoms with Crippen molar-refractivity contribution in [3.05, 3.63) is 0 Å². The van der Waals surface area contributed by atoms with Gasteiger partial charge in [-0.15, -0.1) is 0 Å². The van der Waals surface area contributed by atoms with Crippen molar-refractivity contribution in [2.75, 3.05) is 32.8 Å². The molecule has 1 heterocycles. The minimum Gasteiger partial charge on any atom is -0.370 e. The third-order valence-electron chi connectivity index (χ3n) is 2.42. The van der Waals surface area contributed by atoms with E-state index < -0.39 is 0 Å². The smallest absolute Gasteiger partial charge is 0.226 e. The molecule has 1 rings (SSSR count). The van der Waals surface area contributed by atoms with Crippen LogP contribution in [0.5, 0.6) is 0 Å². The largest absolute Gasteiger partial charge is 0.370 e. The van der Waals surface area contributed by atoms with E-state index in [2.05, 4.69) is 5.32 Å². The predicted molar refractivity (Wildman–Crippen MR) is 58.9 cm³/mol. The standard InChI is InChI=1S/C11H22N2O2/c1-11(2,3)12-10(14)4-5-13-6-8-15-9-7-13/h4-9H2,1-3H3,(H,12,14)/p+1. The van der Waals surface area contributed by atoms with Crippen molar-refractivity contribution in [2.24, 2.45) is 0 Å². The molecule has 1 aliphatic rings. The Labute approximate surface area is 92.0 Å². The Bertz CT molecular complexity index is 205. The average Bonchev–Trinajstić information content (AvgIpc) is 2.14. The number of carbonyl (C=O) groups excluding carboxylic acids is 1. The van der Waals surface area contributed by atoms with Gasteiger partial charge in [-0.2, -0.15) is 0 Å². The van der Waals surface area contributed by atoms with Crippen molar-refractivity contribution in [3.8, 4) is 0 Å². The Hall–Kier alpha value is -0.610. The van der Waals surface area contributed by atoms with Crippen molar-refractivity contribution in [2.45, 2.75) is 32.7 Å². The maximum absolute atomic E-state index is 11.5. The zero-order valence-corrected chi connectivity index (χ0v) is 10.1. The van der Waals surface area contributed by atoms with Gasteiger partial charge in [0.15, 0.2) is 0 Å². The van der Waals surface area contributed by atoms with Gasteiger partial charge in [-0.05, 0) is 20.8 Å². The molecule has 1 aliphatic heterocycles. The van der Waals surface area contributed by atoms with E-state index in [0.29, 0.717) is 6.42 Å². The van der Waals surface area contributed by atoms with Crippen molar-refractivity contribution < 1.29 is 14.4 Å². The highest BCUT2D eigenvalue weighted by molar-refractivity contribution is 5.76. The fourth-order valence-corrected chi connectivity index (χ4v) is 1.68. The van der Waals surface area contributed by atoms with E-state index in [1.54, 1.807) is 0 Å². The van der Waals surface area contributed by atoms with Crippen LogP contribution in [0.1, 0.15) is 27.2 Å². The summed E-state index contributed by atoms with van der Waals surface area (Å²) < 4.78 is 5.27. The normalized spacial score (nSPS) is 18.9. The molecule has 0 aromatic carbocycles. The summed E-state index contributed by atoms with van der Waals surface area (Å²) in [4.78, 5) is 13.0. The van der Waals surface area contributed by atoms with E-state index in [0.717, 1.165) is 32.8 Å². The number of quaternary nitrogens is 1. The summed E-state index contributed by atoms with van der Waals surface area (Å²) >= 11 is 0. The number of carbonyl (C=O) groups is 1. The van der Waals surface area contributed by atoms with Crippen LogP contribution in [0.15, 0.2) is 0 Å². The molecule has 1 saturated heterocycles. The van der Waals surface area contributed by atoms with Crippen molar-refractivity contribution in [1.29, 1.82) is 0 Å². The highest BCUT2D eigenvalue weighted by Crippen LogP contribution is 1.98. The molecule has 88 valence electrons. The molecule has 1 amide bonds.